The molecule has 0 saturated heterocycles. The third-order valence-corrected chi connectivity index (χ3v) is 7.88. The molecular formula is C29H25ClNNaO6S. The molecule has 196 valence electrons. The zero-order valence-corrected chi connectivity index (χ0v) is 24.8. The van der Waals surface area contributed by atoms with Gasteiger partial charge >= 0.3 is 29.6 Å². The van der Waals surface area contributed by atoms with Gasteiger partial charge in [-0.05, 0) is 102 Å². The van der Waals surface area contributed by atoms with Crippen molar-refractivity contribution in [2.24, 2.45) is 0 Å². The molecule has 4 rings (SSSR count). The van der Waals surface area contributed by atoms with Gasteiger partial charge < -0.3 is 25.1 Å². The molecule has 10 heteroatoms. The molecule has 7 nitrogen and oxygen atoms in total. The van der Waals surface area contributed by atoms with Crippen molar-refractivity contribution in [2.75, 3.05) is 13.1 Å². The number of rotatable bonds is 11. The van der Waals surface area contributed by atoms with E-state index in [4.69, 9.17) is 16.3 Å². The third kappa shape index (κ3) is 8.40. The molecule has 0 amide bonds. The van der Waals surface area contributed by atoms with Crippen LogP contribution in [0.4, 0.5) is 0 Å². The second-order valence-corrected chi connectivity index (χ2v) is 10.9. The number of hydrogen-bond acceptors (Lipinski definition) is 7. The summed E-state index contributed by atoms with van der Waals surface area (Å²) in [5.41, 5.74) is 1.74. The van der Waals surface area contributed by atoms with Crippen molar-refractivity contribution in [1.29, 1.82) is 0 Å². The quantitative estimate of drug-likeness (QED) is 0.205. The van der Waals surface area contributed by atoms with Crippen LogP contribution < -0.4 is 44.7 Å². The Labute approximate surface area is 254 Å². The van der Waals surface area contributed by atoms with Gasteiger partial charge in [-0.3, -0.25) is 0 Å². The molecule has 0 heterocycles. The summed E-state index contributed by atoms with van der Waals surface area (Å²) in [5, 5.41) is 24.9. The van der Waals surface area contributed by atoms with E-state index < -0.39 is 21.9 Å². The van der Waals surface area contributed by atoms with Crippen molar-refractivity contribution in [3.8, 4) is 11.5 Å². The fraction of sp³-hybridized carbons (Fsp3) is 0.138. The summed E-state index contributed by atoms with van der Waals surface area (Å²) >= 11 is 5.97. The summed E-state index contributed by atoms with van der Waals surface area (Å²) in [5.74, 6) is -0.455. The first-order chi connectivity index (χ1) is 18.2. The molecule has 0 bridgehead atoms. The Bertz CT molecular complexity index is 1490. The molecule has 39 heavy (non-hydrogen) atoms. The van der Waals surface area contributed by atoms with Gasteiger partial charge in [0.15, 0.2) is 0 Å². The number of hydrogen-bond donors (Lipinski definition) is 2. The standard InChI is InChI=1S/C29H26ClNO6S.Na/c30-23-3-1-2-22(18-23)28(32)19-31-17-16-20-4-12-26(13-5-20)38(35,36)27-14-10-25(11-15-27)37-24-8-6-21(7-9-24)29(33)34;/h1-15,18,28,31-32H,16-17,19H2,(H,33,34);/q;+1/p-1/t28-;/m0./s1. The van der Waals surface area contributed by atoms with E-state index >= 15 is 0 Å². The number of benzene rings is 4. The number of carbonyl (C=O) groups excluding carboxylic acids is 1. The fourth-order valence-electron chi connectivity index (χ4n) is 3.76. The average molecular weight is 574 g/mol. The number of halogens is 1. The van der Waals surface area contributed by atoms with Gasteiger partial charge in [0.2, 0.25) is 9.84 Å². The SMILES string of the molecule is O=C([O-])c1ccc(Oc2ccc(S(=O)(=O)c3ccc(CCNC[C@H](O)c4cccc(Cl)c4)cc3)cc2)cc1.[Na+]. The number of ether oxygens (including phenoxy) is 1. The molecule has 4 aromatic carbocycles. The minimum absolute atomic E-state index is 0. The van der Waals surface area contributed by atoms with E-state index in [-0.39, 0.29) is 44.9 Å². The number of aliphatic hydroxyl groups is 1. The molecule has 2 N–H and O–H groups in total. The summed E-state index contributed by atoms with van der Waals surface area (Å²) in [4.78, 5) is 11.2. The van der Waals surface area contributed by atoms with Crippen LogP contribution in [0.1, 0.15) is 27.6 Å². The first kappa shape index (κ1) is 30.8. The Balaban J connectivity index is 0.00000420. The fourth-order valence-corrected chi connectivity index (χ4v) is 5.22. The maximum Gasteiger partial charge on any atom is 1.00 e. The Morgan fingerprint density at radius 1 is 0.897 bits per heavy atom. The van der Waals surface area contributed by atoms with Crippen molar-refractivity contribution < 1.29 is 57.7 Å². The summed E-state index contributed by atoms with van der Waals surface area (Å²) in [6, 6.07) is 25.5. The smallest absolute Gasteiger partial charge is 0.545 e. The van der Waals surface area contributed by atoms with Crippen LogP contribution in [0.2, 0.25) is 5.02 Å². The van der Waals surface area contributed by atoms with Gasteiger partial charge in [-0.25, -0.2) is 8.42 Å². The van der Waals surface area contributed by atoms with Crippen molar-refractivity contribution in [2.45, 2.75) is 22.3 Å². The van der Waals surface area contributed by atoms with Gasteiger partial charge in [-0.15, -0.1) is 0 Å². The molecule has 0 aliphatic rings. The first-order valence-corrected chi connectivity index (χ1v) is 13.7. The molecule has 0 radical (unpaired) electrons. The zero-order chi connectivity index (χ0) is 27.1. The second kappa shape index (κ2) is 14.1. The van der Waals surface area contributed by atoms with E-state index in [1.165, 1.54) is 48.5 Å². The average Bonchev–Trinajstić information content (AvgIpc) is 2.92. The maximum atomic E-state index is 13.1. The maximum absolute atomic E-state index is 13.1. The normalized spacial score (nSPS) is 11.8. The number of carboxylic acids is 1. The number of sulfone groups is 1. The molecule has 0 aromatic heterocycles. The van der Waals surface area contributed by atoms with Crippen LogP contribution in [0.3, 0.4) is 0 Å². The van der Waals surface area contributed by atoms with E-state index in [9.17, 15) is 23.4 Å². The Kier molecular flexibility index (Phi) is 11.1. The van der Waals surface area contributed by atoms with Crippen molar-refractivity contribution in [3.63, 3.8) is 0 Å². The molecule has 1 atom stereocenters. The summed E-state index contributed by atoms with van der Waals surface area (Å²) < 4.78 is 31.8. The van der Waals surface area contributed by atoms with Crippen LogP contribution in [0, 0.1) is 0 Å². The van der Waals surface area contributed by atoms with Crippen LogP contribution in [0.15, 0.2) is 107 Å². The van der Waals surface area contributed by atoms with E-state index in [0.29, 0.717) is 36.0 Å². The number of aromatic carboxylic acids is 1. The molecular weight excluding hydrogens is 549 g/mol. The van der Waals surface area contributed by atoms with Crippen LogP contribution in [-0.4, -0.2) is 32.6 Å². The topological polar surface area (TPSA) is 116 Å². The zero-order valence-electron chi connectivity index (χ0n) is 21.2. The number of carboxylic acid groups (broad SMARTS) is 1. The number of carbonyl (C=O) groups is 1. The first-order valence-electron chi connectivity index (χ1n) is 11.8. The molecule has 0 aliphatic carbocycles. The molecule has 4 aromatic rings. The largest absolute Gasteiger partial charge is 1.00 e. The van der Waals surface area contributed by atoms with E-state index in [2.05, 4.69) is 5.32 Å². The van der Waals surface area contributed by atoms with Gasteiger partial charge in [0, 0.05) is 11.6 Å². The van der Waals surface area contributed by atoms with Crippen molar-refractivity contribution in [3.05, 3.63) is 119 Å². The van der Waals surface area contributed by atoms with Crippen LogP contribution in [0.5, 0.6) is 11.5 Å². The monoisotopic (exact) mass is 573 g/mol. The summed E-state index contributed by atoms with van der Waals surface area (Å²) in [6.45, 7) is 0.985. The summed E-state index contributed by atoms with van der Waals surface area (Å²) in [6.07, 6.45) is -0.00785. The van der Waals surface area contributed by atoms with E-state index in [0.717, 1.165) is 11.1 Å². The third-order valence-electron chi connectivity index (χ3n) is 5.85. The van der Waals surface area contributed by atoms with Crippen LogP contribution >= 0.6 is 11.6 Å². The van der Waals surface area contributed by atoms with Gasteiger partial charge in [-0.2, -0.15) is 0 Å². The van der Waals surface area contributed by atoms with Gasteiger partial charge in [0.05, 0.1) is 21.9 Å². The Morgan fingerprint density at radius 3 is 2.03 bits per heavy atom. The molecule has 0 fully saturated rings. The van der Waals surface area contributed by atoms with E-state index in [1.807, 2.05) is 6.07 Å². The van der Waals surface area contributed by atoms with Gasteiger partial charge in [-0.1, -0.05) is 35.9 Å². The molecule has 0 saturated carbocycles. The van der Waals surface area contributed by atoms with Gasteiger partial charge in [0.1, 0.15) is 11.5 Å². The van der Waals surface area contributed by atoms with E-state index in [1.54, 1.807) is 42.5 Å². The van der Waals surface area contributed by atoms with Crippen LogP contribution in [-0.2, 0) is 16.3 Å². The number of nitrogens with one attached hydrogen (secondary N) is 1. The number of aliphatic hydroxyl groups excluding tert-OH is 1. The van der Waals surface area contributed by atoms with Crippen molar-refractivity contribution in [1.82, 2.24) is 5.32 Å². The molecule has 0 aliphatic heterocycles. The molecule has 0 unspecified atom stereocenters. The second-order valence-electron chi connectivity index (χ2n) is 8.56. The minimum Gasteiger partial charge on any atom is -0.545 e. The molecule has 0 spiro atoms. The van der Waals surface area contributed by atoms with Crippen molar-refractivity contribution >= 4 is 27.4 Å². The predicted molar refractivity (Wildman–Crippen MR) is 142 cm³/mol. The Hall–Kier alpha value is -2.69. The minimum atomic E-state index is -3.72. The summed E-state index contributed by atoms with van der Waals surface area (Å²) in [7, 11) is -3.72. The van der Waals surface area contributed by atoms with Crippen LogP contribution in [0.25, 0.3) is 0 Å². The predicted octanol–water partition coefficient (Wildman–Crippen LogP) is 1.20. The Morgan fingerprint density at radius 2 is 1.46 bits per heavy atom. The van der Waals surface area contributed by atoms with Gasteiger partial charge in [0.25, 0.3) is 0 Å².